The van der Waals surface area contributed by atoms with Crippen molar-refractivity contribution in [2.75, 3.05) is 20.8 Å². The molecule has 112 valence electrons. The standard InChI is InChI=1S/C17H21NO3/c1-4-21-14-8-5-12(6-9-14)17(18)13-7-10-15(19-2)16(11-13)20-3/h5-11,17H,4,18H2,1-3H3. The van der Waals surface area contributed by atoms with Crippen LogP contribution >= 0.6 is 0 Å². The zero-order valence-corrected chi connectivity index (χ0v) is 12.6. The number of nitrogens with two attached hydrogens (primary N) is 1. The maximum Gasteiger partial charge on any atom is 0.161 e. The van der Waals surface area contributed by atoms with Crippen LogP contribution in [-0.2, 0) is 0 Å². The van der Waals surface area contributed by atoms with Gasteiger partial charge in [0.05, 0.1) is 26.9 Å². The topological polar surface area (TPSA) is 53.7 Å². The lowest BCUT2D eigenvalue weighted by atomic mass is 9.99. The van der Waals surface area contributed by atoms with Crippen LogP contribution in [0.3, 0.4) is 0 Å². The van der Waals surface area contributed by atoms with Crippen LogP contribution in [0, 0.1) is 0 Å². The van der Waals surface area contributed by atoms with E-state index in [1.54, 1.807) is 14.2 Å². The van der Waals surface area contributed by atoms with Crippen molar-refractivity contribution in [1.82, 2.24) is 0 Å². The molecule has 0 aliphatic carbocycles. The van der Waals surface area contributed by atoms with Crippen LogP contribution in [0.25, 0.3) is 0 Å². The Morgan fingerprint density at radius 1 is 0.905 bits per heavy atom. The predicted molar refractivity (Wildman–Crippen MR) is 83.2 cm³/mol. The Morgan fingerprint density at radius 3 is 2.10 bits per heavy atom. The Balaban J connectivity index is 2.24. The average Bonchev–Trinajstić information content (AvgIpc) is 2.54. The maximum atomic E-state index is 6.32. The van der Waals surface area contributed by atoms with Gasteiger partial charge in [-0.05, 0) is 42.3 Å². The summed E-state index contributed by atoms with van der Waals surface area (Å²) in [5, 5.41) is 0. The fourth-order valence-corrected chi connectivity index (χ4v) is 2.18. The van der Waals surface area contributed by atoms with Gasteiger partial charge in [0.15, 0.2) is 11.5 Å². The van der Waals surface area contributed by atoms with E-state index >= 15 is 0 Å². The van der Waals surface area contributed by atoms with Crippen LogP contribution in [-0.4, -0.2) is 20.8 Å². The highest BCUT2D eigenvalue weighted by Crippen LogP contribution is 2.31. The monoisotopic (exact) mass is 287 g/mol. The Kier molecular flexibility index (Phi) is 5.06. The first-order valence-electron chi connectivity index (χ1n) is 6.89. The third-order valence-corrected chi connectivity index (χ3v) is 3.32. The molecular weight excluding hydrogens is 266 g/mol. The fourth-order valence-electron chi connectivity index (χ4n) is 2.18. The van der Waals surface area contributed by atoms with E-state index in [4.69, 9.17) is 19.9 Å². The zero-order chi connectivity index (χ0) is 15.2. The minimum absolute atomic E-state index is 0.222. The van der Waals surface area contributed by atoms with E-state index in [-0.39, 0.29) is 6.04 Å². The van der Waals surface area contributed by atoms with Crippen molar-refractivity contribution in [3.8, 4) is 17.2 Å². The molecule has 0 aliphatic rings. The highest BCUT2D eigenvalue weighted by molar-refractivity contribution is 5.46. The number of hydrogen-bond donors (Lipinski definition) is 1. The Hall–Kier alpha value is -2.20. The molecule has 0 fully saturated rings. The number of ether oxygens (including phenoxy) is 3. The summed E-state index contributed by atoms with van der Waals surface area (Å²) in [7, 11) is 3.23. The molecular formula is C17H21NO3. The summed E-state index contributed by atoms with van der Waals surface area (Å²) in [6.07, 6.45) is 0. The maximum absolute atomic E-state index is 6.32. The quantitative estimate of drug-likeness (QED) is 0.886. The van der Waals surface area contributed by atoms with Crippen molar-refractivity contribution in [2.24, 2.45) is 5.73 Å². The second kappa shape index (κ2) is 6.99. The highest BCUT2D eigenvalue weighted by atomic mass is 16.5. The highest BCUT2D eigenvalue weighted by Gasteiger charge is 2.12. The molecule has 0 saturated heterocycles. The Bertz CT molecular complexity index is 581. The molecule has 4 nitrogen and oxygen atoms in total. The molecule has 0 amide bonds. The third-order valence-electron chi connectivity index (χ3n) is 3.32. The lowest BCUT2D eigenvalue weighted by Gasteiger charge is -2.16. The molecule has 4 heteroatoms. The number of rotatable bonds is 6. The summed E-state index contributed by atoms with van der Waals surface area (Å²) in [5.74, 6) is 2.22. The second-order valence-electron chi connectivity index (χ2n) is 4.59. The van der Waals surface area contributed by atoms with Crippen LogP contribution in [0.15, 0.2) is 42.5 Å². The molecule has 21 heavy (non-hydrogen) atoms. The molecule has 2 aromatic carbocycles. The molecule has 2 rings (SSSR count). The molecule has 1 atom stereocenters. The normalized spacial score (nSPS) is 11.8. The minimum Gasteiger partial charge on any atom is -0.494 e. The van der Waals surface area contributed by atoms with Crippen LogP contribution in [0.5, 0.6) is 17.2 Å². The summed E-state index contributed by atoms with van der Waals surface area (Å²) in [4.78, 5) is 0. The van der Waals surface area contributed by atoms with Crippen molar-refractivity contribution in [2.45, 2.75) is 13.0 Å². The van der Waals surface area contributed by atoms with Gasteiger partial charge >= 0.3 is 0 Å². The van der Waals surface area contributed by atoms with E-state index in [9.17, 15) is 0 Å². The molecule has 0 aromatic heterocycles. The van der Waals surface area contributed by atoms with Crippen LogP contribution in [0.4, 0.5) is 0 Å². The van der Waals surface area contributed by atoms with Gasteiger partial charge in [-0.1, -0.05) is 18.2 Å². The minimum atomic E-state index is -0.222. The van der Waals surface area contributed by atoms with E-state index in [0.29, 0.717) is 18.1 Å². The Morgan fingerprint density at radius 2 is 1.52 bits per heavy atom. The van der Waals surface area contributed by atoms with Gasteiger partial charge in [-0.25, -0.2) is 0 Å². The summed E-state index contributed by atoms with van der Waals surface area (Å²) in [5.41, 5.74) is 8.31. The molecule has 2 aromatic rings. The first kappa shape index (κ1) is 15.2. The van der Waals surface area contributed by atoms with E-state index in [2.05, 4.69) is 0 Å². The molecule has 0 radical (unpaired) electrons. The van der Waals surface area contributed by atoms with Crippen molar-refractivity contribution >= 4 is 0 Å². The van der Waals surface area contributed by atoms with Crippen LogP contribution in [0.2, 0.25) is 0 Å². The van der Waals surface area contributed by atoms with Gasteiger partial charge in [0.25, 0.3) is 0 Å². The predicted octanol–water partition coefficient (Wildman–Crippen LogP) is 3.15. The Labute approximate surface area is 125 Å². The summed E-state index contributed by atoms with van der Waals surface area (Å²) >= 11 is 0. The number of methoxy groups -OCH3 is 2. The largest absolute Gasteiger partial charge is 0.494 e. The van der Waals surface area contributed by atoms with E-state index in [0.717, 1.165) is 16.9 Å². The molecule has 2 N–H and O–H groups in total. The van der Waals surface area contributed by atoms with Gasteiger partial charge in [-0.15, -0.1) is 0 Å². The van der Waals surface area contributed by atoms with Crippen molar-refractivity contribution in [1.29, 1.82) is 0 Å². The van der Waals surface area contributed by atoms with E-state index in [1.807, 2.05) is 49.4 Å². The smallest absolute Gasteiger partial charge is 0.161 e. The zero-order valence-electron chi connectivity index (χ0n) is 12.6. The molecule has 0 spiro atoms. The van der Waals surface area contributed by atoms with Crippen LogP contribution in [0.1, 0.15) is 24.1 Å². The molecule has 0 bridgehead atoms. The number of benzene rings is 2. The lowest BCUT2D eigenvalue weighted by Crippen LogP contribution is -2.12. The van der Waals surface area contributed by atoms with Gasteiger partial charge in [-0.2, -0.15) is 0 Å². The summed E-state index contributed by atoms with van der Waals surface area (Å²) in [6.45, 7) is 2.62. The summed E-state index contributed by atoms with van der Waals surface area (Å²) < 4.78 is 16.0. The molecule has 0 saturated carbocycles. The van der Waals surface area contributed by atoms with E-state index in [1.165, 1.54) is 0 Å². The van der Waals surface area contributed by atoms with Crippen molar-refractivity contribution in [3.05, 3.63) is 53.6 Å². The first-order valence-corrected chi connectivity index (χ1v) is 6.89. The SMILES string of the molecule is CCOc1ccc(C(N)c2ccc(OC)c(OC)c2)cc1. The number of hydrogen-bond acceptors (Lipinski definition) is 4. The lowest BCUT2D eigenvalue weighted by molar-refractivity contribution is 0.340. The molecule has 0 heterocycles. The second-order valence-corrected chi connectivity index (χ2v) is 4.59. The fraction of sp³-hybridized carbons (Fsp3) is 0.294. The third kappa shape index (κ3) is 3.47. The first-order chi connectivity index (χ1) is 10.2. The average molecular weight is 287 g/mol. The van der Waals surface area contributed by atoms with Crippen LogP contribution < -0.4 is 19.9 Å². The van der Waals surface area contributed by atoms with Crippen molar-refractivity contribution in [3.63, 3.8) is 0 Å². The van der Waals surface area contributed by atoms with Gasteiger partial charge in [0.2, 0.25) is 0 Å². The molecule has 0 aliphatic heterocycles. The van der Waals surface area contributed by atoms with Gasteiger partial charge in [0, 0.05) is 0 Å². The van der Waals surface area contributed by atoms with Gasteiger partial charge in [0.1, 0.15) is 5.75 Å². The van der Waals surface area contributed by atoms with Gasteiger partial charge in [-0.3, -0.25) is 0 Å². The van der Waals surface area contributed by atoms with Crippen molar-refractivity contribution < 1.29 is 14.2 Å². The van der Waals surface area contributed by atoms with E-state index < -0.39 is 0 Å². The van der Waals surface area contributed by atoms with Gasteiger partial charge < -0.3 is 19.9 Å². The molecule has 1 unspecified atom stereocenters. The summed E-state index contributed by atoms with van der Waals surface area (Å²) in [6, 6.07) is 13.3.